The van der Waals surface area contributed by atoms with Crippen molar-refractivity contribution < 1.29 is 22.9 Å². The third-order valence-corrected chi connectivity index (χ3v) is 7.41. The number of carbonyl (C=O) groups excluding carboxylic acids is 1. The molecule has 3 rings (SSSR count). The van der Waals surface area contributed by atoms with Crippen molar-refractivity contribution in [1.82, 2.24) is 4.31 Å². The molecule has 2 aromatic carbocycles. The summed E-state index contributed by atoms with van der Waals surface area (Å²) in [7, 11) is -2.21. The van der Waals surface area contributed by atoms with Gasteiger partial charge in [0.15, 0.2) is 0 Å². The molecule has 1 aliphatic rings. The van der Waals surface area contributed by atoms with E-state index >= 15 is 0 Å². The molecule has 1 heterocycles. The van der Waals surface area contributed by atoms with Gasteiger partial charge in [-0.05, 0) is 43.5 Å². The normalized spacial score (nSPS) is 14.8. The van der Waals surface area contributed by atoms with Gasteiger partial charge in [-0.2, -0.15) is 4.31 Å². The van der Waals surface area contributed by atoms with E-state index in [1.54, 1.807) is 19.1 Å². The topological polar surface area (TPSA) is 131 Å². The molecule has 0 saturated carbocycles. The lowest BCUT2D eigenvalue weighted by molar-refractivity contribution is -0.384. The Morgan fingerprint density at radius 3 is 2.42 bits per heavy atom. The number of benzene rings is 2. The summed E-state index contributed by atoms with van der Waals surface area (Å²) in [4.78, 5) is 23.1. The number of amides is 1. The molecule has 1 aliphatic heterocycles. The van der Waals surface area contributed by atoms with Gasteiger partial charge in [-0.25, -0.2) is 8.42 Å². The predicted molar refractivity (Wildman–Crippen MR) is 125 cm³/mol. The van der Waals surface area contributed by atoms with Crippen molar-refractivity contribution in [3.63, 3.8) is 0 Å². The SMILES string of the molecule is COc1ccc(S(=O)(=O)N2CCCCCC2)cc1NCC(=O)Nc1cc([N+](=O)[O-])ccc1C. The van der Waals surface area contributed by atoms with E-state index in [9.17, 15) is 23.3 Å². The number of hydrogen-bond acceptors (Lipinski definition) is 7. The highest BCUT2D eigenvalue weighted by molar-refractivity contribution is 7.89. The third-order valence-electron chi connectivity index (χ3n) is 5.52. The lowest BCUT2D eigenvalue weighted by Gasteiger charge is -2.21. The molecule has 33 heavy (non-hydrogen) atoms. The Balaban J connectivity index is 1.75. The summed E-state index contributed by atoms with van der Waals surface area (Å²) in [5, 5.41) is 16.6. The molecule has 178 valence electrons. The highest BCUT2D eigenvalue weighted by atomic mass is 32.2. The molecule has 0 radical (unpaired) electrons. The maximum Gasteiger partial charge on any atom is 0.271 e. The van der Waals surface area contributed by atoms with Crippen LogP contribution in [0, 0.1) is 17.0 Å². The van der Waals surface area contributed by atoms with Crippen molar-refractivity contribution in [1.29, 1.82) is 0 Å². The average Bonchev–Trinajstić information content (AvgIpc) is 3.09. The van der Waals surface area contributed by atoms with Crippen LogP contribution in [0.3, 0.4) is 0 Å². The van der Waals surface area contributed by atoms with Gasteiger partial charge in [0.25, 0.3) is 5.69 Å². The highest BCUT2D eigenvalue weighted by Gasteiger charge is 2.26. The molecular formula is C22H28N4O6S. The van der Waals surface area contributed by atoms with Crippen LogP contribution in [0.4, 0.5) is 17.1 Å². The Bertz CT molecular complexity index is 1130. The van der Waals surface area contributed by atoms with E-state index < -0.39 is 20.9 Å². The first-order valence-corrected chi connectivity index (χ1v) is 12.1. The minimum absolute atomic E-state index is 0.127. The first kappa shape index (κ1) is 24.5. The summed E-state index contributed by atoms with van der Waals surface area (Å²) in [5.74, 6) is -0.0504. The lowest BCUT2D eigenvalue weighted by atomic mass is 10.2. The number of anilines is 2. The van der Waals surface area contributed by atoms with Gasteiger partial charge in [0.05, 0.1) is 34.8 Å². The Hall–Kier alpha value is -3.18. The van der Waals surface area contributed by atoms with E-state index in [4.69, 9.17) is 4.74 Å². The second-order valence-electron chi connectivity index (χ2n) is 7.84. The Morgan fingerprint density at radius 2 is 1.79 bits per heavy atom. The smallest absolute Gasteiger partial charge is 0.271 e. The third kappa shape index (κ3) is 5.99. The van der Waals surface area contributed by atoms with Gasteiger partial charge < -0.3 is 15.4 Å². The van der Waals surface area contributed by atoms with Crippen LogP contribution in [-0.4, -0.2) is 50.3 Å². The molecule has 10 nitrogen and oxygen atoms in total. The van der Waals surface area contributed by atoms with Crippen molar-refractivity contribution in [2.75, 3.05) is 37.4 Å². The number of nitro benzene ring substituents is 1. The van der Waals surface area contributed by atoms with Gasteiger partial charge in [0.1, 0.15) is 5.75 Å². The summed E-state index contributed by atoms with van der Waals surface area (Å²) < 4.78 is 33.1. The van der Waals surface area contributed by atoms with E-state index in [1.807, 2.05) is 0 Å². The molecule has 0 aliphatic carbocycles. The minimum Gasteiger partial charge on any atom is -0.495 e. The number of rotatable bonds is 8. The molecule has 1 amide bonds. The summed E-state index contributed by atoms with van der Waals surface area (Å²) >= 11 is 0. The van der Waals surface area contributed by atoms with E-state index in [1.165, 1.54) is 35.7 Å². The van der Waals surface area contributed by atoms with Crippen molar-refractivity contribution in [2.24, 2.45) is 0 Å². The van der Waals surface area contributed by atoms with Crippen LogP contribution in [-0.2, 0) is 14.8 Å². The number of nitro groups is 1. The number of methoxy groups -OCH3 is 1. The Kier molecular flexibility index (Phi) is 7.88. The summed E-state index contributed by atoms with van der Waals surface area (Å²) in [5.41, 5.74) is 1.24. The number of non-ortho nitro benzene ring substituents is 1. The fourth-order valence-electron chi connectivity index (χ4n) is 3.64. The summed E-state index contributed by atoms with van der Waals surface area (Å²) in [6.07, 6.45) is 3.69. The quantitative estimate of drug-likeness (QED) is 0.440. The van der Waals surface area contributed by atoms with Crippen molar-refractivity contribution >= 4 is 33.0 Å². The molecule has 1 fully saturated rings. The van der Waals surface area contributed by atoms with Gasteiger partial charge in [-0.3, -0.25) is 14.9 Å². The van der Waals surface area contributed by atoms with Crippen LogP contribution in [0.25, 0.3) is 0 Å². The molecule has 0 unspecified atom stereocenters. The van der Waals surface area contributed by atoms with Crippen LogP contribution < -0.4 is 15.4 Å². The van der Waals surface area contributed by atoms with E-state index in [2.05, 4.69) is 10.6 Å². The molecule has 0 spiro atoms. The molecule has 2 aromatic rings. The van der Waals surface area contributed by atoms with Crippen molar-refractivity contribution in [3.05, 3.63) is 52.1 Å². The first-order valence-electron chi connectivity index (χ1n) is 10.7. The zero-order valence-corrected chi connectivity index (χ0v) is 19.5. The van der Waals surface area contributed by atoms with Gasteiger partial charge in [-0.1, -0.05) is 18.9 Å². The highest BCUT2D eigenvalue weighted by Crippen LogP contribution is 2.30. The van der Waals surface area contributed by atoms with Crippen LogP contribution in [0.1, 0.15) is 31.2 Å². The molecule has 2 N–H and O–H groups in total. The fraction of sp³-hybridized carbons (Fsp3) is 0.409. The van der Waals surface area contributed by atoms with Gasteiger partial charge in [-0.15, -0.1) is 0 Å². The molecule has 0 atom stereocenters. The second-order valence-corrected chi connectivity index (χ2v) is 9.78. The zero-order chi connectivity index (χ0) is 24.0. The second kappa shape index (κ2) is 10.6. The number of sulfonamides is 1. The minimum atomic E-state index is -3.67. The number of hydrogen-bond donors (Lipinski definition) is 2. The number of carbonyl (C=O) groups is 1. The predicted octanol–water partition coefficient (Wildman–Crippen LogP) is 3.53. The monoisotopic (exact) mass is 476 g/mol. The van der Waals surface area contributed by atoms with Gasteiger partial charge in [0.2, 0.25) is 15.9 Å². The lowest BCUT2D eigenvalue weighted by Crippen LogP contribution is -2.32. The largest absolute Gasteiger partial charge is 0.495 e. The van der Waals surface area contributed by atoms with E-state index in [0.717, 1.165) is 25.7 Å². The van der Waals surface area contributed by atoms with E-state index in [0.29, 0.717) is 35.8 Å². The molecule has 0 aromatic heterocycles. The summed E-state index contributed by atoms with van der Waals surface area (Å²) in [6.45, 7) is 2.52. The molecule has 1 saturated heterocycles. The Morgan fingerprint density at radius 1 is 1.09 bits per heavy atom. The number of nitrogens with one attached hydrogen (secondary N) is 2. The Labute approximate surface area is 193 Å². The van der Waals surface area contributed by atoms with Crippen molar-refractivity contribution in [3.8, 4) is 5.75 Å². The maximum atomic E-state index is 13.1. The molecule has 11 heteroatoms. The maximum absolute atomic E-state index is 13.1. The number of ether oxygens (including phenoxy) is 1. The fourth-order valence-corrected chi connectivity index (χ4v) is 5.19. The van der Waals surface area contributed by atoms with E-state index in [-0.39, 0.29) is 17.1 Å². The molecular weight excluding hydrogens is 448 g/mol. The van der Waals surface area contributed by atoms with Crippen molar-refractivity contribution in [2.45, 2.75) is 37.5 Å². The first-order chi connectivity index (χ1) is 15.7. The van der Waals surface area contributed by atoms with Gasteiger partial charge >= 0.3 is 0 Å². The van der Waals surface area contributed by atoms with Crippen LogP contribution in [0.5, 0.6) is 5.75 Å². The van der Waals surface area contributed by atoms with Crippen LogP contribution in [0.15, 0.2) is 41.3 Å². The zero-order valence-electron chi connectivity index (χ0n) is 18.7. The number of aryl methyl sites for hydroxylation is 1. The standard InChI is InChI=1S/C22H28N4O6S/c1-16-7-8-17(26(28)29)13-19(16)24-22(27)15-23-20-14-18(9-10-21(20)32-2)33(30,31)25-11-5-3-4-6-12-25/h7-10,13-14,23H,3-6,11-12,15H2,1-2H3,(H,24,27). The molecule has 0 bridgehead atoms. The van der Waals surface area contributed by atoms with Crippen LogP contribution in [0.2, 0.25) is 0 Å². The van der Waals surface area contributed by atoms with Crippen LogP contribution >= 0.6 is 0 Å². The number of nitrogens with zero attached hydrogens (tertiary/aromatic N) is 2. The summed E-state index contributed by atoms with van der Waals surface area (Å²) in [6, 6.07) is 8.73. The van der Waals surface area contributed by atoms with Gasteiger partial charge in [0, 0.05) is 25.2 Å². The average molecular weight is 477 g/mol.